The van der Waals surface area contributed by atoms with Gasteiger partial charge in [0.25, 0.3) is 5.91 Å². The number of anilines is 2. The van der Waals surface area contributed by atoms with Gasteiger partial charge in [0, 0.05) is 17.9 Å². The topological polar surface area (TPSA) is 59.5 Å². The van der Waals surface area contributed by atoms with Crippen molar-refractivity contribution in [1.82, 2.24) is 0 Å². The molecule has 0 radical (unpaired) electrons. The highest BCUT2D eigenvalue weighted by molar-refractivity contribution is 6.04. The molecule has 2 N–H and O–H groups in total. The number of rotatable bonds is 4. The third kappa shape index (κ3) is 2.96. The van der Waals surface area contributed by atoms with Crippen molar-refractivity contribution in [3.05, 3.63) is 47.9 Å². The van der Waals surface area contributed by atoms with Crippen LogP contribution in [-0.4, -0.2) is 12.5 Å². The number of nitrogen functional groups attached to an aromatic ring is 1. The molecule has 1 aromatic heterocycles. The van der Waals surface area contributed by atoms with Gasteiger partial charge in [0.05, 0.1) is 0 Å². The van der Waals surface area contributed by atoms with Crippen LogP contribution in [0.15, 0.2) is 40.8 Å². The first-order valence-electron chi connectivity index (χ1n) is 6.35. The van der Waals surface area contributed by atoms with Gasteiger partial charge in [-0.05, 0) is 49.7 Å². The lowest BCUT2D eigenvalue weighted by Gasteiger charge is -2.21. The maximum atomic E-state index is 12.4. The van der Waals surface area contributed by atoms with E-state index in [9.17, 15) is 4.79 Å². The molecule has 1 aromatic carbocycles. The van der Waals surface area contributed by atoms with Crippen LogP contribution in [0, 0.1) is 6.92 Å². The number of furan rings is 1. The molecule has 0 bridgehead atoms. The Hall–Kier alpha value is -2.23. The fourth-order valence-electron chi connectivity index (χ4n) is 1.91. The Balaban J connectivity index is 2.29. The van der Waals surface area contributed by atoms with E-state index in [2.05, 4.69) is 0 Å². The molecular formula is C15H18N2O2. The predicted molar refractivity (Wildman–Crippen MR) is 76.3 cm³/mol. The smallest absolute Gasteiger partial charge is 0.293 e. The molecular weight excluding hydrogens is 240 g/mol. The van der Waals surface area contributed by atoms with Gasteiger partial charge in [0.2, 0.25) is 0 Å². The maximum Gasteiger partial charge on any atom is 0.293 e. The van der Waals surface area contributed by atoms with E-state index in [1.54, 1.807) is 29.2 Å². The number of nitrogens with two attached hydrogens (primary N) is 1. The van der Waals surface area contributed by atoms with Crippen molar-refractivity contribution in [2.75, 3.05) is 17.2 Å². The maximum absolute atomic E-state index is 12.4. The number of nitrogens with zero attached hydrogens (tertiary/aromatic N) is 1. The molecule has 1 heterocycles. The second-order valence-electron chi connectivity index (χ2n) is 4.46. The fourth-order valence-corrected chi connectivity index (χ4v) is 1.91. The normalized spacial score (nSPS) is 10.4. The molecule has 1 amide bonds. The number of amides is 1. The van der Waals surface area contributed by atoms with Crippen LogP contribution in [0.1, 0.15) is 29.7 Å². The SMILES string of the molecule is CCCN(C(=O)c1ccc(C)o1)c1ccc(N)cc1. The van der Waals surface area contributed by atoms with Crippen LogP contribution in [0.5, 0.6) is 0 Å². The summed E-state index contributed by atoms with van der Waals surface area (Å²) in [5, 5.41) is 0. The Labute approximate surface area is 112 Å². The number of carbonyl (C=O) groups is 1. The van der Waals surface area contributed by atoms with E-state index < -0.39 is 0 Å². The zero-order valence-corrected chi connectivity index (χ0v) is 11.2. The molecule has 100 valence electrons. The van der Waals surface area contributed by atoms with Crippen LogP contribution in [0.4, 0.5) is 11.4 Å². The number of carbonyl (C=O) groups excluding carboxylic acids is 1. The lowest BCUT2D eigenvalue weighted by atomic mass is 10.2. The second kappa shape index (κ2) is 5.61. The van der Waals surface area contributed by atoms with Gasteiger partial charge in [-0.1, -0.05) is 6.92 Å². The van der Waals surface area contributed by atoms with Crippen molar-refractivity contribution in [1.29, 1.82) is 0 Å². The highest BCUT2D eigenvalue weighted by Crippen LogP contribution is 2.20. The van der Waals surface area contributed by atoms with Gasteiger partial charge >= 0.3 is 0 Å². The number of aryl methyl sites for hydroxylation is 1. The molecule has 4 heteroatoms. The van der Waals surface area contributed by atoms with Gasteiger partial charge in [-0.25, -0.2) is 0 Å². The third-order valence-electron chi connectivity index (χ3n) is 2.85. The lowest BCUT2D eigenvalue weighted by molar-refractivity contribution is 0.0959. The van der Waals surface area contributed by atoms with E-state index in [0.717, 1.165) is 17.9 Å². The van der Waals surface area contributed by atoms with Crippen molar-refractivity contribution in [2.45, 2.75) is 20.3 Å². The van der Waals surface area contributed by atoms with Crippen LogP contribution in [0.2, 0.25) is 0 Å². The van der Waals surface area contributed by atoms with Crippen molar-refractivity contribution in [3.8, 4) is 0 Å². The average Bonchev–Trinajstić information content (AvgIpc) is 2.83. The zero-order valence-electron chi connectivity index (χ0n) is 11.2. The number of hydrogen-bond donors (Lipinski definition) is 1. The van der Waals surface area contributed by atoms with Crippen LogP contribution in [0.3, 0.4) is 0 Å². The van der Waals surface area contributed by atoms with Gasteiger partial charge in [-0.3, -0.25) is 4.79 Å². The average molecular weight is 258 g/mol. The highest BCUT2D eigenvalue weighted by atomic mass is 16.3. The minimum absolute atomic E-state index is 0.125. The molecule has 0 spiro atoms. The Morgan fingerprint density at radius 2 is 1.89 bits per heavy atom. The molecule has 19 heavy (non-hydrogen) atoms. The van der Waals surface area contributed by atoms with Crippen LogP contribution in [-0.2, 0) is 0 Å². The Kier molecular flexibility index (Phi) is 3.90. The molecule has 0 aliphatic carbocycles. The molecule has 4 nitrogen and oxygen atoms in total. The monoisotopic (exact) mass is 258 g/mol. The number of benzene rings is 1. The highest BCUT2D eigenvalue weighted by Gasteiger charge is 2.19. The third-order valence-corrected chi connectivity index (χ3v) is 2.85. The van der Waals surface area contributed by atoms with E-state index in [4.69, 9.17) is 10.2 Å². The summed E-state index contributed by atoms with van der Waals surface area (Å²) >= 11 is 0. The first-order valence-corrected chi connectivity index (χ1v) is 6.35. The standard InChI is InChI=1S/C15H18N2O2/c1-3-10-17(13-7-5-12(16)6-8-13)15(18)14-9-4-11(2)19-14/h4-9H,3,10,16H2,1-2H3. The van der Waals surface area contributed by atoms with E-state index in [0.29, 0.717) is 18.0 Å². The van der Waals surface area contributed by atoms with Crippen LogP contribution in [0.25, 0.3) is 0 Å². The zero-order chi connectivity index (χ0) is 13.8. The van der Waals surface area contributed by atoms with Crippen LogP contribution < -0.4 is 10.6 Å². The van der Waals surface area contributed by atoms with Gasteiger partial charge < -0.3 is 15.1 Å². The Morgan fingerprint density at radius 1 is 1.21 bits per heavy atom. The lowest BCUT2D eigenvalue weighted by Crippen LogP contribution is -2.31. The summed E-state index contributed by atoms with van der Waals surface area (Å²) in [5.41, 5.74) is 7.18. The summed E-state index contributed by atoms with van der Waals surface area (Å²) in [4.78, 5) is 14.1. The minimum Gasteiger partial charge on any atom is -0.456 e. The molecule has 0 saturated carbocycles. The van der Waals surface area contributed by atoms with Gasteiger partial charge in [0.15, 0.2) is 5.76 Å². The van der Waals surface area contributed by atoms with Gasteiger partial charge in [-0.2, -0.15) is 0 Å². The first-order chi connectivity index (χ1) is 9.11. The summed E-state index contributed by atoms with van der Waals surface area (Å²) < 4.78 is 5.40. The Morgan fingerprint density at radius 3 is 2.42 bits per heavy atom. The molecule has 2 rings (SSSR count). The molecule has 0 aliphatic heterocycles. The Bertz CT molecular complexity index is 558. The first kappa shape index (κ1) is 13.2. The van der Waals surface area contributed by atoms with Gasteiger partial charge in [-0.15, -0.1) is 0 Å². The minimum atomic E-state index is -0.125. The van der Waals surface area contributed by atoms with E-state index in [1.807, 2.05) is 26.0 Å². The molecule has 2 aromatic rings. The van der Waals surface area contributed by atoms with Crippen molar-refractivity contribution < 1.29 is 9.21 Å². The van der Waals surface area contributed by atoms with Crippen molar-refractivity contribution in [3.63, 3.8) is 0 Å². The van der Waals surface area contributed by atoms with Crippen molar-refractivity contribution in [2.24, 2.45) is 0 Å². The van der Waals surface area contributed by atoms with Crippen LogP contribution >= 0.6 is 0 Å². The summed E-state index contributed by atoms with van der Waals surface area (Å²) in [6.07, 6.45) is 0.871. The molecule has 0 unspecified atom stereocenters. The largest absolute Gasteiger partial charge is 0.456 e. The summed E-state index contributed by atoms with van der Waals surface area (Å²) in [6, 6.07) is 10.8. The van der Waals surface area contributed by atoms with E-state index in [-0.39, 0.29) is 5.91 Å². The summed E-state index contributed by atoms with van der Waals surface area (Å²) in [7, 11) is 0. The van der Waals surface area contributed by atoms with E-state index >= 15 is 0 Å². The van der Waals surface area contributed by atoms with E-state index in [1.165, 1.54) is 0 Å². The second-order valence-corrected chi connectivity index (χ2v) is 4.46. The fraction of sp³-hybridized carbons (Fsp3) is 0.267. The van der Waals surface area contributed by atoms with Gasteiger partial charge in [0.1, 0.15) is 5.76 Å². The predicted octanol–water partition coefficient (Wildman–Crippen LogP) is 3.23. The number of hydrogen-bond acceptors (Lipinski definition) is 3. The molecule has 0 aliphatic rings. The van der Waals surface area contributed by atoms with Crippen molar-refractivity contribution >= 4 is 17.3 Å². The quantitative estimate of drug-likeness (QED) is 0.856. The molecule has 0 atom stereocenters. The molecule has 0 fully saturated rings. The molecule has 0 saturated heterocycles. The summed E-state index contributed by atoms with van der Waals surface area (Å²) in [6.45, 7) is 4.50. The summed E-state index contributed by atoms with van der Waals surface area (Å²) in [5.74, 6) is 0.972.